The van der Waals surface area contributed by atoms with Crippen LogP contribution in [0.1, 0.15) is 26.2 Å². The molecule has 0 saturated carbocycles. The maximum atomic E-state index is 4.29. The minimum atomic E-state index is 0.976. The summed E-state index contributed by atoms with van der Waals surface area (Å²) in [6.07, 6.45) is 11.5. The highest BCUT2D eigenvalue weighted by Crippen LogP contribution is 2.08. The zero-order valence-electron chi connectivity index (χ0n) is 6.38. The molecular formula is C9H13N. The second-order valence-corrected chi connectivity index (χ2v) is 2.38. The van der Waals surface area contributed by atoms with Crippen molar-refractivity contribution in [2.24, 2.45) is 4.99 Å². The van der Waals surface area contributed by atoms with E-state index in [1.54, 1.807) is 0 Å². The Bertz CT molecular complexity index is 175. The van der Waals surface area contributed by atoms with Crippen molar-refractivity contribution in [3.63, 3.8) is 0 Å². The van der Waals surface area contributed by atoms with Gasteiger partial charge in [0.25, 0.3) is 0 Å². The number of hydrogen-bond acceptors (Lipinski definition) is 1. The molecule has 1 heteroatoms. The Hall–Kier alpha value is -0.850. The van der Waals surface area contributed by atoms with Gasteiger partial charge in [0.2, 0.25) is 0 Å². The largest absolute Gasteiger partial charge is 0.265 e. The lowest BCUT2D eigenvalue weighted by atomic mass is 10.2. The first kappa shape index (κ1) is 7.26. The molecule has 1 aliphatic rings. The maximum Gasteiger partial charge on any atom is 0.0399 e. The van der Waals surface area contributed by atoms with Crippen LogP contribution in [0, 0.1) is 0 Å². The number of rotatable bonds is 2. The van der Waals surface area contributed by atoms with E-state index in [-0.39, 0.29) is 0 Å². The summed E-state index contributed by atoms with van der Waals surface area (Å²) >= 11 is 0. The van der Waals surface area contributed by atoms with Gasteiger partial charge in [-0.2, -0.15) is 0 Å². The number of hydrogen-bond donors (Lipinski definition) is 0. The van der Waals surface area contributed by atoms with Gasteiger partial charge in [-0.25, -0.2) is 0 Å². The Morgan fingerprint density at radius 3 is 3.30 bits per heavy atom. The Labute approximate surface area is 62.2 Å². The van der Waals surface area contributed by atoms with Crippen LogP contribution in [0.3, 0.4) is 0 Å². The molecular weight excluding hydrogens is 122 g/mol. The van der Waals surface area contributed by atoms with Crippen molar-refractivity contribution < 1.29 is 0 Å². The normalized spacial score (nSPS) is 16.7. The van der Waals surface area contributed by atoms with E-state index in [0.717, 1.165) is 12.8 Å². The highest BCUT2D eigenvalue weighted by Gasteiger charge is 1.90. The highest BCUT2D eigenvalue weighted by atomic mass is 14.7. The molecule has 0 saturated heterocycles. The van der Waals surface area contributed by atoms with Crippen molar-refractivity contribution in [1.29, 1.82) is 0 Å². The minimum Gasteiger partial charge on any atom is -0.265 e. The Kier molecular flexibility index (Phi) is 2.94. The van der Waals surface area contributed by atoms with E-state index in [9.17, 15) is 0 Å². The zero-order chi connectivity index (χ0) is 7.23. The van der Waals surface area contributed by atoms with Crippen LogP contribution in [-0.2, 0) is 0 Å². The summed E-state index contributed by atoms with van der Waals surface area (Å²) in [5.74, 6) is 0. The van der Waals surface area contributed by atoms with E-state index in [0.29, 0.717) is 0 Å². The van der Waals surface area contributed by atoms with Gasteiger partial charge in [0.1, 0.15) is 0 Å². The third-order valence-electron chi connectivity index (χ3n) is 1.43. The molecule has 0 atom stereocenters. The van der Waals surface area contributed by atoms with Crippen molar-refractivity contribution in [3.05, 3.63) is 23.9 Å². The molecule has 0 radical (unpaired) electrons. The van der Waals surface area contributed by atoms with Crippen LogP contribution < -0.4 is 0 Å². The molecule has 0 bridgehead atoms. The van der Waals surface area contributed by atoms with Crippen LogP contribution in [0.4, 0.5) is 0 Å². The molecule has 0 aliphatic carbocycles. The monoisotopic (exact) mass is 135 g/mol. The first-order valence-electron chi connectivity index (χ1n) is 3.81. The molecule has 0 aromatic carbocycles. The van der Waals surface area contributed by atoms with Crippen molar-refractivity contribution >= 4 is 6.21 Å². The molecule has 1 aliphatic heterocycles. The van der Waals surface area contributed by atoms with Crippen LogP contribution in [0.25, 0.3) is 0 Å². The summed E-state index contributed by atoms with van der Waals surface area (Å²) in [7, 11) is 0. The zero-order valence-corrected chi connectivity index (χ0v) is 6.38. The van der Waals surface area contributed by atoms with Gasteiger partial charge in [0.15, 0.2) is 0 Å². The summed E-state index contributed by atoms with van der Waals surface area (Å²) in [6.45, 7) is 2.17. The molecule has 0 aromatic rings. The van der Waals surface area contributed by atoms with Crippen LogP contribution >= 0.6 is 0 Å². The van der Waals surface area contributed by atoms with E-state index in [1.165, 1.54) is 12.1 Å². The Morgan fingerprint density at radius 1 is 1.60 bits per heavy atom. The van der Waals surface area contributed by atoms with Crippen LogP contribution in [0.15, 0.2) is 28.9 Å². The van der Waals surface area contributed by atoms with Gasteiger partial charge in [-0.05, 0) is 12.5 Å². The Morgan fingerprint density at radius 2 is 2.50 bits per heavy atom. The first-order chi connectivity index (χ1) is 4.93. The van der Waals surface area contributed by atoms with E-state index in [2.05, 4.69) is 30.1 Å². The highest BCUT2D eigenvalue weighted by molar-refractivity contribution is 5.62. The standard InChI is InChI=1S/C9H13N/c1-2-6-9-7-4-3-5-8-10-9/h3-4,7-8H,2,5-6H2,1H3. The summed E-state index contributed by atoms with van der Waals surface area (Å²) in [5, 5.41) is 0. The fraction of sp³-hybridized carbons (Fsp3) is 0.444. The molecule has 0 amide bonds. The third-order valence-corrected chi connectivity index (χ3v) is 1.43. The average molecular weight is 135 g/mol. The Balaban J connectivity index is 2.55. The van der Waals surface area contributed by atoms with Gasteiger partial charge < -0.3 is 0 Å². The lowest BCUT2D eigenvalue weighted by Crippen LogP contribution is -1.76. The summed E-state index contributed by atoms with van der Waals surface area (Å²) in [5.41, 5.74) is 1.20. The van der Waals surface area contributed by atoms with Gasteiger partial charge >= 0.3 is 0 Å². The van der Waals surface area contributed by atoms with Crippen LogP contribution in [-0.4, -0.2) is 6.21 Å². The molecule has 1 nitrogen and oxygen atoms in total. The van der Waals surface area contributed by atoms with Gasteiger partial charge in [-0.15, -0.1) is 0 Å². The molecule has 0 fully saturated rings. The average Bonchev–Trinajstić information content (AvgIpc) is 2.17. The van der Waals surface area contributed by atoms with E-state index >= 15 is 0 Å². The molecule has 0 unspecified atom stereocenters. The second-order valence-electron chi connectivity index (χ2n) is 2.38. The third kappa shape index (κ3) is 2.18. The topological polar surface area (TPSA) is 12.4 Å². The second kappa shape index (κ2) is 4.04. The van der Waals surface area contributed by atoms with Crippen LogP contribution in [0.2, 0.25) is 0 Å². The van der Waals surface area contributed by atoms with E-state index in [4.69, 9.17) is 0 Å². The van der Waals surface area contributed by atoms with E-state index in [1.807, 2.05) is 6.21 Å². The summed E-state index contributed by atoms with van der Waals surface area (Å²) < 4.78 is 0. The quantitative estimate of drug-likeness (QED) is 0.552. The van der Waals surface area contributed by atoms with E-state index < -0.39 is 0 Å². The molecule has 1 rings (SSSR count). The predicted octanol–water partition coefficient (Wildman–Crippen LogP) is 2.70. The molecule has 1 heterocycles. The van der Waals surface area contributed by atoms with Gasteiger partial charge in [0, 0.05) is 18.3 Å². The van der Waals surface area contributed by atoms with Gasteiger partial charge in [0.05, 0.1) is 0 Å². The fourth-order valence-electron chi connectivity index (χ4n) is 0.936. The van der Waals surface area contributed by atoms with Crippen molar-refractivity contribution in [2.75, 3.05) is 0 Å². The summed E-state index contributed by atoms with van der Waals surface area (Å²) in [4.78, 5) is 4.29. The van der Waals surface area contributed by atoms with Gasteiger partial charge in [-0.1, -0.05) is 25.5 Å². The van der Waals surface area contributed by atoms with Gasteiger partial charge in [-0.3, -0.25) is 4.99 Å². The predicted molar refractivity (Wildman–Crippen MR) is 45.2 cm³/mol. The molecule has 0 aromatic heterocycles. The molecule has 0 spiro atoms. The van der Waals surface area contributed by atoms with Crippen molar-refractivity contribution in [3.8, 4) is 0 Å². The minimum absolute atomic E-state index is 0.976. The smallest absolute Gasteiger partial charge is 0.0399 e. The van der Waals surface area contributed by atoms with Crippen molar-refractivity contribution in [2.45, 2.75) is 26.2 Å². The lowest BCUT2D eigenvalue weighted by molar-refractivity contribution is 0.895. The maximum absolute atomic E-state index is 4.29. The summed E-state index contributed by atoms with van der Waals surface area (Å²) in [6, 6.07) is 0. The number of nitrogens with zero attached hydrogens (tertiary/aromatic N) is 1. The lowest BCUT2D eigenvalue weighted by Gasteiger charge is -1.93. The van der Waals surface area contributed by atoms with Crippen molar-refractivity contribution in [1.82, 2.24) is 0 Å². The number of allylic oxidation sites excluding steroid dienone is 4. The first-order valence-corrected chi connectivity index (χ1v) is 3.81. The number of aliphatic imine (C=N–C) groups is 1. The molecule has 54 valence electrons. The SMILES string of the molecule is CCCC1=CC=CCC=N1. The van der Waals surface area contributed by atoms with Crippen LogP contribution in [0.5, 0.6) is 0 Å². The molecule has 0 N–H and O–H groups in total. The fourth-order valence-corrected chi connectivity index (χ4v) is 0.936. The molecule has 10 heavy (non-hydrogen) atoms.